The monoisotopic (exact) mass is 320 g/mol. The van der Waals surface area contributed by atoms with Crippen LogP contribution in [-0.2, 0) is 11.8 Å². The molecule has 0 spiro atoms. The van der Waals surface area contributed by atoms with E-state index in [9.17, 15) is 9.18 Å². The Bertz CT molecular complexity index is 718. The van der Waals surface area contributed by atoms with E-state index < -0.39 is 5.82 Å². The summed E-state index contributed by atoms with van der Waals surface area (Å²) in [5, 5.41) is 7.84. The van der Waals surface area contributed by atoms with E-state index >= 15 is 0 Å². The Morgan fingerprint density at radius 2 is 2.30 bits per heavy atom. The summed E-state index contributed by atoms with van der Waals surface area (Å²) in [5.74, 6) is 0.218. The Kier molecular flexibility index (Phi) is 4.24. The first-order valence-electron chi connectivity index (χ1n) is 7.18. The number of methoxy groups -OCH3 is 1. The number of nitrogens with zero attached hydrogens (tertiary/aromatic N) is 4. The number of aryl methyl sites for hydroxylation is 1. The molecule has 122 valence electrons. The van der Waals surface area contributed by atoms with Gasteiger partial charge < -0.3 is 18.9 Å². The molecule has 7 nitrogen and oxygen atoms in total. The van der Waals surface area contributed by atoms with Crippen LogP contribution in [0.5, 0.6) is 5.75 Å². The van der Waals surface area contributed by atoms with Crippen LogP contribution >= 0.6 is 0 Å². The SMILES string of the molecule is COc1ccc(F)cc1C(=O)N1CCO[C@@H](c2nncn2C)C1. The van der Waals surface area contributed by atoms with Gasteiger partial charge in [0.15, 0.2) is 5.82 Å². The van der Waals surface area contributed by atoms with Crippen LogP contribution < -0.4 is 4.74 Å². The maximum atomic E-state index is 13.5. The molecule has 1 aromatic heterocycles. The molecule has 1 saturated heterocycles. The molecule has 23 heavy (non-hydrogen) atoms. The highest BCUT2D eigenvalue weighted by Gasteiger charge is 2.30. The molecule has 2 aromatic rings. The lowest BCUT2D eigenvalue weighted by atomic mass is 10.1. The van der Waals surface area contributed by atoms with E-state index in [0.717, 1.165) is 0 Å². The van der Waals surface area contributed by atoms with Gasteiger partial charge in [0.25, 0.3) is 5.91 Å². The van der Waals surface area contributed by atoms with Crippen molar-refractivity contribution in [1.29, 1.82) is 0 Å². The average Bonchev–Trinajstić information content (AvgIpc) is 3.00. The Morgan fingerprint density at radius 3 is 3.00 bits per heavy atom. The molecular formula is C15H17FN4O3. The minimum atomic E-state index is -0.479. The average molecular weight is 320 g/mol. The van der Waals surface area contributed by atoms with E-state index in [2.05, 4.69) is 10.2 Å². The molecule has 0 unspecified atom stereocenters. The smallest absolute Gasteiger partial charge is 0.257 e. The summed E-state index contributed by atoms with van der Waals surface area (Å²) in [4.78, 5) is 14.3. The lowest BCUT2D eigenvalue weighted by Crippen LogP contribution is -2.43. The minimum absolute atomic E-state index is 0.200. The molecule has 0 N–H and O–H groups in total. The second-order valence-corrected chi connectivity index (χ2v) is 5.26. The molecular weight excluding hydrogens is 303 g/mol. The predicted octanol–water partition coefficient (Wildman–Crippen LogP) is 1.18. The van der Waals surface area contributed by atoms with Crippen LogP contribution in [-0.4, -0.2) is 52.4 Å². The van der Waals surface area contributed by atoms with Gasteiger partial charge in [-0.2, -0.15) is 0 Å². The number of ether oxygens (including phenoxy) is 2. The second-order valence-electron chi connectivity index (χ2n) is 5.26. The maximum absolute atomic E-state index is 13.5. The molecule has 1 fully saturated rings. The van der Waals surface area contributed by atoms with Crippen LogP contribution in [0.4, 0.5) is 4.39 Å². The van der Waals surface area contributed by atoms with Gasteiger partial charge in [-0.1, -0.05) is 0 Å². The second kappa shape index (κ2) is 6.33. The fourth-order valence-corrected chi connectivity index (χ4v) is 2.59. The molecule has 1 aromatic carbocycles. The minimum Gasteiger partial charge on any atom is -0.496 e. The summed E-state index contributed by atoms with van der Waals surface area (Å²) in [6.45, 7) is 1.12. The fourth-order valence-electron chi connectivity index (χ4n) is 2.59. The highest BCUT2D eigenvalue weighted by atomic mass is 19.1. The van der Waals surface area contributed by atoms with Gasteiger partial charge in [-0.25, -0.2) is 4.39 Å². The summed E-state index contributed by atoms with van der Waals surface area (Å²) < 4.78 is 26.1. The van der Waals surface area contributed by atoms with Crippen molar-refractivity contribution < 1.29 is 18.7 Å². The van der Waals surface area contributed by atoms with Crippen molar-refractivity contribution >= 4 is 5.91 Å². The van der Waals surface area contributed by atoms with Crippen molar-refractivity contribution in [3.8, 4) is 5.75 Å². The Hall–Kier alpha value is -2.48. The van der Waals surface area contributed by atoms with Gasteiger partial charge in [0.1, 0.15) is 24.0 Å². The van der Waals surface area contributed by atoms with Crippen molar-refractivity contribution in [3.63, 3.8) is 0 Å². The lowest BCUT2D eigenvalue weighted by Gasteiger charge is -2.32. The molecule has 2 heterocycles. The van der Waals surface area contributed by atoms with Gasteiger partial charge in [-0.15, -0.1) is 10.2 Å². The van der Waals surface area contributed by atoms with E-state index in [1.54, 1.807) is 15.8 Å². The molecule has 0 saturated carbocycles. The van der Waals surface area contributed by atoms with Crippen LogP contribution in [0.15, 0.2) is 24.5 Å². The molecule has 0 aliphatic carbocycles. The van der Waals surface area contributed by atoms with Gasteiger partial charge >= 0.3 is 0 Å². The van der Waals surface area contributed by atoms with Crippen LogP contribution in [0.1, 0.15) is 22.3 Å². The number of hydrogen-bond donors (Lipinski definition) is 0. The standard InChI is InChI=1S/C15H17FN4O3/c1-19-9-17-18-14(19)13-8-20(5-6-23-13)15(21)11-7-10(16)3-4-12(11)22-2/h3-4,7,9,13H,5-6,8H2,1-2H3/t13-/m1/s1. The van der Waals surface area contributed by atoms with Gasteiger partial charge in [-0.3, -0.25) is 4.79 Å². The van der Waals surface area contributed by atoms with Crippen molar-refractivity contribution in [2.75, 3.05) is 26.8 Å². The first-order valence-corrected chi connectivity index (χ1v) is 7.18. The Labute approximate surface area is 132 Å². The molecule has 8 heteroatoms. The first-order chi connectivity index (χ1) is 11.1. The number of amides is 1. The fraction of sp³-hybridized carbons (Fsp3) is 0.400. The molecule has 1 aliphatic rings. The topological polar surface area (TPSA) is 69.5 Å². The van der Waals surface area contributed by atoms with E-state index in [4.69, 9.17) is 9.47 Å². The first kappa shape index (κ1) is 15.4. The third-order valence-electron chi connectivity index (χ3n) is 3.78. The van der Waals surface area contributed by atoms with Crippen molar-refractivity contribution in [3.05, 3.63) is 41.7 Å². The number of benzene rings is 1. The number of morpholine rings is 1. The van der Waals surface area contributed by atoms with Gasteiger partial charge in [0.2, 0.25) is 0 Å². The van der Waals surface area contributed by atoms with Gasteiger partial charge in [-0.05, 0) is 18.2 Å². The molecule has 0 bridgehead atoms. The van der Waals surface area contributed by atoms with Gasteiger partial charge in [0.05, 0.1) is 25.8 Å². The van der Waals surface area contributed by atoms with Crippen LogP contribution in [0, 0.1) is 5.82 Å². The normalized spacial score (nSPS) is 18.0. The molecule has 1 atom stereocenters. The number of aromatic nitrogens is 3. The Balaban J connectivity index is 1.83. The van der Waals surface area contributed by atoms with Crippen molar-refractivity contribution in [2.45, 2.75) is 6.10 Å². The molecule has 0 radical (unpaired) electrons. The third kappa shape index (κ3) is 3.02. The molecule has 1 amide bonds. The predicted molar refractivity (Wildman–Crippen MR) is 78.6 cm³/mol. The van der Waals surface area contributed by atoms with Crippen LogP contribution in [0.2, 0.25) is 0 Å². The number of halogens is 1. The zero-order valence-corrected chi connectivity index (χ0v) is 12.9. The van der Waals surface area contributed by atoms with Crippen LogP contribution in [0.25, 0.3) is 0 Å². The van der Waals surface area contributed by atoms with Crippen molar-refractivity contribution in [1.82, 2.24) is 19.7 Å². The van der Waals surface area contributed by atoms with Crippen LogP contribution in [0.3, 0.4) is 0 Å². The van der Waals surface area contributed by atoms with E-state index in [0.29, 0.717) is 31.3 Å². The molecule has 1 aliphatic heterocycles. The van der Waals surface area contributed by atoms with E-state index in [1.165, 1.54) is 25.3 Å². The summed E-state index contributed by atoms with van der Waals surface area (Å²) in [6.07, 6.45) is 1.22. The summed E-state index contributed by atoms with van der Waals surface area (Å²) >= 11 is 0. The Morgan fingerprint density at radius 1 is 1.48 bits per heavy atom. The third-order valence-corrected chi connectivity index (χ3v) is 3.78. The van der Waals surface area contributed by atoms with E-state index in [1.807, 2.05) is 7.05 Å². The quantitative estimate of drug-likeness (QED) is 0.849. The van der Waals surface area contributed by atoms with E-state index in [-0.39, 0.29) is 17.6 Å². The highest BCUT2D eigenvalue weighted by molar-refractivity contribution is 5.97. The zero-order valence-electron chi connectivity index (χ0n) is 12.9. The number of rotatable bonds is 3. The maximum Gasteiger partial charge on any atom is 0.257 e. The zero-order chi connectivity index (χ0) is 16.4. The lowest BCUT2D eigenvalue weighted by molar-refractivity contribution is -0.0281. The number of hydrogen-bond acceptors (Lipinski definition) is 5. The van der Waals surface area contributed by atoms with Gasteiger partial charge in [0, 0.05) is 13.6 Å². The number of carbonyl (C=O) groups is 1. The van der Waals surface area contributed by atoms with Crippen molar-refractivity contribution in [2.24, 2.45) is 7.05 Å². The summed E-state index contributed by atoms with van der Waals surface area (Å²) in [5.41, 5.74) is 0.200. The summed E-state index contributed by atoms with van der Waals surface area (Å²) in [6, 6.07) is 3.90. The highest BCUT2D eigenvalue weighted by Crippen LogP contribution is 2.25. The largest absolute Gasteiger partial charge is 0.496 e. The molecule has 3 rings (SSSR count). The number of carbonyl (C=O) groups excluding carboxylic acids is 1. The summed E-state index contributed by atoms with van der Waals surface area (Å²) in [7, 11) is 3.26.